The zero-order valence-corrected chi connectivity index (χ0v) is 14.4. The molecule has 5 nitrogen and oxygen atoms in total. The summed E-state index contributed by atoms with van der Waals surface area (Å²) in [7, 11) is 1.51. The number of halogens is 1. The zero-order chi connectivity index (χ0) is 17.1. The smallest absolute Gasteiger partial charge is 0.317 e. The van der Waals surface area contributed by atoms with E-state index in [0.717, 1.165) is 32.6 Å². The number of carbonyl (C=O) groups is 1. The third kappa shape index (κ3) is 3.48. The molecule has 0 aromatic heterocycles. The van der Waals surface area contributed by atoms with Gasteiger partial charge in [0.25, 0.3) is 0 Å². The van der Waals surface area contributed by atoms with E-state index < -0.39 is 6.04 Å². The van der Waals surface area contributed by atoms with E-state index in [9.17, 15) is 9.18 Å². The van der Waals surface area contributed by atoms with Crippen molar-refractivity contribution in [1.82, 2.24) is 15.1 Å². The Hall–Kier alpha value is -1.82. The van der Waals surface area contributed by atoms with E-state index in [-0.39, 0.29) is 11.8 Å². The van der Waals surface area contributed by atoms with Gasteiger partial charge in [-0.15, -0.1) is 0 Å². The first-order chi connectivity index (χ1) is 11.6. The number of nitrogens with one attached hydrogen (secondary N) is 1. The summed E-state index contributed by atoms with van der Waals surface area (Å²) in [6.45, 7) is 5.58. The molecule has 2 heterocycles. The normalized spacial score (nSPS) is 22.6. The van der Waals surface area contributed by atoms with Gasteiger partial charge in [0, 0.05) is 19.1 Å². The topological polar surface area (TPSA) is 44.8 Å². The number of carbonyl (C=O) groups excluding carboxylic acids is 1. The van der Waals surface area contributed by atoms with Gasteiger partial charge in [0.05, 0.1) is 18.7 Å². The van der Waals surface area contributed by atoms with E-state index in [4.69, 9.17) is 4.74 Å². The average molecular weight is 335 g/mol. The summed E-state index contributed by atoms with van der Waals surface area (Å²) in [6, 6.07) is 4.60. The van der Waals surface area contributed by atoms with Crippen LogP contribution in [0.2, 0.25) is 0 Å². The van der Waals surface area contributed by atoms with Gasteiger partial charge >= 0.3 is 6.03 Å². The minimum absolute atomic E-state index is 0.130. The minimum Gasteiger partial charge on any atom is -0.496 e. The van der Waals surface area contributed by atoms with Crippen LogP contribution < -0.4 is 10.1 Å². The number of methoxy groups -OCH3 is 1. The van der Waals surface area contributed by atoms with Crippen LogP contribution in [-0.4, -0.2) is 55.2 Å². The summed E-state index contributed by atoms with van der Waals surface area (Å²) in [4.78, 5) is 16.9. The second-order valence-corrected chi connectivity index (χ2v) is 6.66. The van der Waals surface area contributed by atoms with Crippen LogP contribution in [0.15, 0.2) is 18.2 Å². The number of benzene rings is 1. The van der Waals surface area contributed by atoms with E-state index in [0.29, 0.717) is 17.4 Å². The molecular weight excluding hydrogens is 309 g/mol. The fraction of sp³-hybridized carbons (Fsp3) is 0.611. The van der Waals surface area contributed by atoms with Gasteiger partial charge < -0.3 is 15.0 Å². The first-order valence-electron chi connectivity index (χ1n) is 8.72. The molecule has 2 atom stereocenters. The van der Waals surface area contributed by atoms with Crippen molar-refractivity contribution in [3.63, 3.8) is 0 Å². The third-order valence-corrected chi connectivity index (χ3v) is 5.11. The second kappa shape index (κ2) is 7.38. The summed E-state index contributed by atoms with van der Waals surface area (Å²) in [5.41, 5.74) is 0.392. The number of hydrogen-bond acceptors (Lipinski definition) is 3. The first kappa shape index (κ1) is 17.0. The molecule has 0 radical (unpaired) electrons. The predicted molar refractivity (Wildman–Crippen MR) is 90.7 cm³/mol. The second-order valence-electron chi connectivity index (χ2n) is 6.66. The standard InChI is InChI=1S/C18H26FN3O2/c1-13(17-15(19)6-5-7-16(17)24-2)20-18(23)22-11-8-14(12-22)21-9-3-4-10-21/h5-7,13-14H,3-4,8-12H2,1-2H3,(H,20,23)/t13-,14+/m1/s1. The van der Waals surface area contributed by atoms with Crippen LogP contribution in [0.25, 0.3) is 0 Å². The highest BCUT2D eigenvalue weighted by Gasteiger charge is 2.32. The Kier molecular flexibility index (Phi) is 5.23. The maximum absolute atomic E-state index is 14.1. The maximum Gasteiger partial charge on any atom is 0.317 e. The van der Waals surface area contributed by atoms with Crippen LogP contribution in [0.4, 0.5) is 9.18 Å². The van der Waals surface area contributed by atoms with Crippen molar-refractivity contribution in [2.75, 3.05) is 33.3 Å². The molecule has 1 aromatic rings. The minimum atomic E-state index is -0.445. The van der Waals surface area contributed by atoms with E-state index in [1.54, 1.807) is 19.1 Å². The molecule has 0 saturated carbocycles. The van der Waals surface area contributed by atoms with E-state index in [1.165, 1.54) is 26.0 Å². The molecule has 132 valence electrons. The number of rotatable bonds is 4. The molecule has 6 heteroatoms. The lowest BCUT2D eigenvalue weighted by Crippen LogP contribution is -2.42. The van der Waals surface area contributed by atoms with Crippen molar-refractivity contribution < 1.29 is 13.9 Å². The van der Waals surface area contributed by atoms with Crippen molar-refractivity contribution in [2.45, 2.75) is 38.3 Å². The molecule has 0 spiro atoms. The van der Waals surface area contributed by atoms with Gasteiger partial charge in [0.2, 0.25) is 0 Å². The molecule has 3 rings (SSSR count). The molecule has 1 N–H and O–H groups in total. The van der Waals surface area contributed by atoms with Gasteiger partial charge in [-0.3, -0.25) is 4.90 Å². The molecule has 24 heavy (non-hydrogen) atoms. The monoisotopic (exact) mass is 335 g/mol. The summed E-state index contributed by atoms with van der Waals surface area (Å²) in [6.07, 6.45) is 3.53. The van der Waals surface area contributed by atoms with E-state index in [1.807, 2.05) is 4.90 Å². The largest absolute Gasteiger partial charge is 0.496 e. The number of amides is 2. The summed E-state index contributed by atoms with van der Waals surface area (Å²) < 4.78 is 19.4. The molecule has 2 aliphatic heterocycles. The lowest BCUT2D eigenvalue weighted by Gasteiger charge is -2.25. The maximum atomic E-state index is 14.1. The van der Waals surface area contributed by atoms with Crippen LogP contribution >= 0.6 is 0 Å². The molecule has 0 unspecified atom stereocenters. The molecule has 0 bridgehead atoms. The van der Waals surface area contributed by atoms with Crippen LogP contribution in [0.1, 0.15) is 37.8 Å². The average Bonchev–Trinajstić information content (AvgIpc) is 3.25. The molecule has 2 fully saturated rings. The molecular formula is C18H26FN3O2. The van der Waals surface area contributed by atoms with Crippen LogP contribution in [0.5, 0.6) is 5.75 Å². The quantitative estimate of drug-likeness (QED) is 0.920. The number of nitrogens with zero attached hydrogens (tertiary/aromatic N) is 2. The van der Waals surface area contributed by atoms with Crippen molar-refractivity contribution in [3.8, 4) is 5.75 Å². The fourth-order valence-electron chi connectivity index (χ4n) is 3.80. The zero-order valence-electron chi connectivity index (χ0n) is 14.4. The van der Waals surface area contributed by atoms with Gasteiger partial charge in [-0.2, -0.15) is 0 Å². The van der Waals surface area contributed by atoms with Gasteiger partial charge in [-0.1, -0.05) is 6.07 Å². The van der Waals surface area contributed by atoms with Crippen LogP contribution in [-0.2, 0) is 0 Å². The highest BCUT2D eigenvalue weighted by atomic mass is 19.1. The highest BCUT2D eigenvalue weighted by molar-refractivity contribution is 5.75. The molecule has 0 aliphatic carbocycles. The number of urea groups is 1. The SMILES string of the molecule is COc1cccc(F)c1[C@@H](C)NC(=O)N1CC[C@H](N2CCCC2)C1. The van der Waals surface area contributed by atoms with Crippen molar-refractivity contribution in [3.05, 3.63) is 29.6 Å². The Morgan fingerprint density at radius 1 is 1.33 bits per heavy atom. The highest BCUT2D eigenvalue weighted by Crippen LogP contribution is 2.28. The van der Waals surface area contributed by atoms with Gasteiger partial charge in [0.15, 0.2) is 0 Å². The van der Waals surface area contributed by atoms with E-state index in [2.05, 4.69) is 10.2 Å². The third-order valence-electron chi connectivity index (χ3n) is 5.11. The van der Waals surface area contributed by atoms with Crippen LogP contribution in [0.3, 0.4) is 0 Å². The molecule has 2 aliphatic rings. The summed E-state index contributed by atoms with van der Waals surface area (Å²) in [5.74, 6) is 0.0951. The fourth-order valence-corrected chi connectivity index (χ4v) is 3.80. The van der Waals surface area contributed by atoms with Crippen molar-refractivity contribution in [1.29, 1.82) is 0 Å². The van der Waals surface area contributed by atoms with Crippen LogP contribution in [0, 0.1) is 5.82 Å². The Labute approximate surface area is 142 Å². The molecule has 2 amide bonds. The Morgan fingerprint density at radius 2 is 2.08 bits per heavy atom. The molecule has 1 aromatic carbocycles. The predicted octanol–water partition coefficient (Wildman–Crippen LogP) is 2.78. The van der Waals surface area contributed by atoms with Gasteiger partial charge in [-0.05, 0) is 51.4 Å². The number of hydrogen-bond donors (Lipinski definition) is 1. The number of likely N-dealkylation sites (tertiary alicyclic amines) is 2. The first-order valence-corrected chi connectivity index (χ1v) is 8.72. The van der Waals surface area contributed by atoms with E-state index >= 15 is 0 Å². The Morgan fingerprint density at radius 3 is 2.79 bits per heavy atom. The lowest BCUT2D eigenvalue weighted by atomic mass is 10.1. The number of ether oxygens (including phenoxy) is 1. The van der Waals surface area contributed by atoms with Crippen molar-refractivity contribution in [2.24, 2.45) is 0 Å². The summed E-state index contributed by atoms with van der Waals surface area (Å²) in [5, 5.41) is 2.91. The lowest BCUT2D eigenvalue weighted by molar-refractivity contribution is 0.195. The van der Waals surface area contributed by atoms with Gasteiger partial charge in [0.1, 0.15) is 11.6 Å². The Bertz CT molecular complexity index is 590. The summed E-state index contributed by atoms with van der Waals surface area (Å²) >= 11 is 0. The van der Waals surface area contributed by atoms with Gasteiger partial charge in [-0.25, -0.2) is 9.18 Å². The Balaban J connectivity index is 1.61. The molecule has 2 saturated heterocycles. The van der Waals surface area contributed by atoms with Crippen molar-refractivity contribution >= 4 is 6.03 Å².